The number of ether oxygens (including phenoxy) is 2. The van der Waals surface area contributed by atoms with Crippen LogP contribution in [0.3, 0.4) is 0 Å². The second-order valence-corrected chi connectivity index (χ2v) is 7.97. The van der Waals surface area contributed by atoms with E-state index in [1.807, 2.05) is 38.1 Å². The number of nitrogens with zero attached hydrogens (tertiary/aromatic N) is 1. The maximum absolute atomic E-state index is 12.4. The highest BCUT2D eigenvalue weighted by molar-refractivity contribution is 7.89. The fraction of sp³-hybridized carbons (Fsp3) is 0.625. The van der Waals surface area contributed by atoms with Gasteiger partial charge in [0.15, 0.2) is 0 Å². The van der Waals surface area contributed by atoms with Gasteiger partial charge in [-0.3, -0.25) is 0 Å². The standard InChI is InChI=1S/C16H26N2O4S/c1-13-11-18(12-14(2)22-13)23(19,20)9-8-17-10-15-6-4-5-7-16(15)21-3/h4-7,13-14,17H,8-12H2,1-3H3/t13-,14-/m0/s1. The third kappa shape index (κ3) is 5.17. The third-order valence-corrected chi connectivity index (χ3v) is 5.63. The van der Waals surface area contributed by atoms with Crippen molar-refractivity contribution in [3.05, 3.63) is 29.8 Å². The van der Waals surface area contributed by atoms with Crippen LogP contribution in [0.4, 0.5) is 0 Å². The van der Waals surface area contributed by atoms with Gasteiger partial charge < -0.3 is 14.8 Å². The van der Waals surface area contributed by atoms with Crippen LogP contribution in [0, 0.1) is 0 Å². The Morgan fingerprint density at radius 2 is 1.91 bits per heavy atom. The number of morpholine rings is 1. The van der Waals surface area contributed by atoms with E-state index in [0.717, 1.165) is 11.3 Å². The molecule has 1 aromatic rings. The van der Waals surface area contributed by atoms with Crippen LogP contribution in [0.15, 0.2) is 24.3 Å². The molecule has 0 aliphatic carbocycles. The number of sulfonamides is 1. The topological polar surface area (TPSA) is 67.9 Å². The Balaban J connectivity index is 1.83. The molecule has 1 fully saturated rings. The van der Waals surface area contributed by atoms with Crippen molar-refractivity contribution in [1.29, 1.82) is 0 Å². The fourth-order valence-electron chi connectivity index (χ4n) is 2.76. The zero-order valence-corrected chi connectivity index (χ0v) is 14.8. The van der Waals surface area contributed by atoms with Gasteiger partial charge in [0.25, 0.3) is 0 Å². The van der Waals surface area contributed by atoms with Gasteiger partial charge in [0, 0.05) is 31.7 Å². The zero-order valence-electron chi connectivity index (χ0n) is 14.0. The molecule has 0 amide bonds. The number of methoxy groups -OCH3 is 1. The molecule has 2 atom stereocenters. The first-order chi connectivity index (χ1) is 10.9. The number of benzene rings is 1. The highest BCUT2D eigenvalue weighted by atomic mass is 32.2. The second-order valence-electron chi connectivity index (χ2n) is 5.88. The van der Waals surface area contributed by atoms with Gasteiger partial charge in [-0.15, -0.1) is 0 Å². The molecule has 0 saturated carbocycles. The van der Waals surface area contributed by atoms with E-state index in [0.29, 0.717) is 26.2 Å². The van der Waals surface area contributed by atoms with Crippen molar-refractivity contribution >= 4 is 10.0 Å². The summed E-state index contributed by atoms with van der Waals surface area (Å²) >= 11 is 0. The molecule has 1 saturated heterocycles. The van der Waals surface area contributed by atoms with E-state index in [1.54, 1.807) is 7.11 Å². The van der Waals surface area contributed by atoms with Gasteiger partial charge in [0.1, 0.15) is 5.75 Å². The molecule has 0 bridgehead atoms. The molecule has 7 heteroatoms. The third-order valence-electron chi connectivity index (χ3n) is 3.82. The minimum Gasteiger partial charge on any atom is -0.496 e. The van der Waals surface area contributed by atoms with E-state index in [4.69, 9.17) is 9.47 Å². The molecule has 0 aromatic heterocycles. The van der Waals surface area contributed by atoms with Crippen LogP contribution in [0.25, 0.3) is 0 Å². The van der Waals surface area contributed by atoms with E-state index in [-0.39, 0.29) is 18.0 Å². The summed E-state index contributed by atoms with van der Waals surface area (Å²) in [4.78, 5) is 0. The molecule has 0 spiro atoms. The lowest BCUT2D eigenvalue weighted by molar-refractivity contribution is -0.0440. The summed E-state index contributed by atoms with van der Waals surface area (Å²) < 4.78 is 37.2. The Kier molecular flexibility index (Phi) is 6.41. The summed E-state index contributed by atoms with van der Waals surface area (Å²) in [5.74, 6) is 0.889. The number of hydrogen-bond donors (Lipinski definition) is 1. The summed E-state index contributed by atoms with van der Waals surface area (Å²) in [5, 5.41) is 3.18. The number of hydrogen-bond acceptors (Lipinski definition) is 5. The van der Waals surface area contributed by atoms with Crippen LogP contribution in [0.2, 0.25) is 0 Å². The Morgan fingerprint density at radius 3 is 2.57 bits per heavy atom. The van der Waals surface area contributed by atoms with E-state index in [2.05, 4.69) is 5.32 Å². The average Bonchev–Trinajstić information content (AvgIpc) is 2.51. The van der Waals surface area contributed by atoms with Gasteiger partial charge in [-0.2, -0.15) is 4.31 Å². The molecular formula is C16H26N2O4S. The van der Waals surface area contributed by atoms with Gasteiger partial charge in [0.2, 0.25) is 10.0 Å². The molecule has 1 aromatic carbocycles. The molecule has 23 heavy (non-hydrogen) atoms. The van der Waals surface area contributed by atoms with Gasteiger partial charge in [-0.25, -0.2) is 8.42 Å². The Morgan fingerprint density at radius 1 is 1.26 bits per heavy atom. The first-order valence-corrected chi connectivity index (χ1v) is 9.49. The zero-order chi connectivity index (χ0) is 16.9. The van der Waals surface area contributed by atoms with Gasteiger partial charge >= 0.3 is 0 Å². The molecule has 130 valence electrons. The lowest BCUT2D eigenvalue weighted by Crippen LogP contribution is -2.49. The molecule has 1 aliphatic heterocycles. The number of nitrogens with one attached hydrogen (secondary N) is 1. The lowest BCUT2D eigenvalue weighted by Gasteiger charge is -2.34. The van der Waals surface area contributed by atoms with Crippen LogP contribution in [-0.4, -0.2) is 57.4 Å². The van der Waals surface area contributed by atoms with E-state index < -0.39 is 10.0 Å². The van der Waals surface area contributed by atoms with Crippen molar-refractivity contribution in [2.45, 2.75) is 32.6 Å². The van der Waals surface area contributed by atoms with Crippen LogP contribution in [-0.2, 0) is 21.3 Å². The van der Waals surface area contributed by atoms with E-state index in [1.165, 1.54) is 4.31 Å². The monoisotopic (exact) mass is 342 g/mol. The van der Waals surface area contributed by atoms with E-state index in [9.17, 15) is 8.42 Å². The van der Waals surface area contributed by atoms with Gasteiger partial charge in [-0.05, 0) is 19.9 Å². The predicted octanol–water partition coefficient (Wildman–Crippen LogP) is 1.22. The summed E-state index contributed by atoms with van der Waals surface area (Å²) in [5.41, 5.74) is 1.01. The van der Waals surface area contributed by atoms with Gasteiger partial charge in [-0.1, -0.05) is 18.2 Å². The normalized spacial score (nSPS) is 22.9. The summed E-state index contributed by atoms with van der Waals surface area (Å²) in [6.45, 7) is 5.64. The molecule has 0 radical (unpaired) electrons. The minimum atomic E-state index is -3.26. The Labute approximate surface area is 138 Å². The molecule has 0 unspecified atom stereocenters. The van der Waals surface area contributed by atoms with Crippen LogP contribution in [0.1, 0.15) is 19.4 Å². The van der Waals surface area contributed by atoms with Crippen molar-refractivity contribution < 1.29 is 17.9 Å². The fourth-order valence-corrected chi connectivity index (χ4v) is 4.29. The van der Waals surface area contributed by atoms with Crippen molar-refractivity contribution in [1.82, 2.24) is 9.62 Å². The number of para-hydroxylation sites is 1. The lowest BCUT2D eigenvalue weighted by atomic mass is 10.2. The molecule has 1 heterocycles. The van der Waals surface area contributed by atoms with Gasteiger partial charge in [0.05, 0.1) is 25.1 Å². The van der Waals surface area contributed by atoms with Crippen LogP contribution >= 0.6 is 0 Å². The maximum atomic E-state index is 12.4. The summed E-state index contributed by atoms with van der Waals surface area (Å²) in [6, 6.07) is 7.70. The van der Waals surface area contributed by atoms with Crippen molar-refractivity contribution in [3.63, 3.8) is 0 Å². The Hall–Kier alpha value is -1.15. The molecule has 1 aliphatic rings. The Bertz CT molecular complexity index is 596. The highest BCUT2D eigenvalue weighted by Gasteiger charge is 2.30. The first-order valence-electron chi connectivity index (χ1n) is 7.88. The smallest absolute Gasteiger partial charge is 0.215 e. The van der Waals surface area contributed by atoms with Crippen molar-refractivity contribution in [2.75, 3.05) is 32.5 Å². The van der Waals surface area contributed by atoms with Crippen molar-refractivity contribution in [2.24, 2.45) is 0 Å². The molecular weight excluding hydrogens is 316 g/mol. The average molecular weight is 342 g/mol. The summed E-state index contributed by atoms with van der Waals surface area (Å²) in [7, 11) is -1.63. The van der Waals surface area contributed by atoms with E-state index >= 15 is 0 Å². The first kappa shape index (κ1) is 18.2. The quantitative estimate of drug-likeness (QED) is 0.755. The predicted molar refractivity (Wildman–Crippen MR) is 90.1 cm³/mol. The van der Waals surface area contributed by atoms with Crippen LogP contribution in [0.5, 0.6) is 5.75 Å². The summed E-state index contributed by atoms with van der Waals surface area (Å²) in [6.07, 6.45) is -0.120. The minimum absolute atomic E-state index is 0.0601. The largest absolute Gasteiger partial charge is 0.496 e. The highest BCUT2D eigenvalue weighted by Crippen LogP contribution is 2.17. The molecule has 6 nitrogen and oxygen atoms in total. The van der Waals surface area contributed by atoms with Crippen LogP contribution < -0.4 is 10.1 Å². The number of rotatable bonds is 7. The second kappa shape index (κ2) is 8.10. The molecule has 1 N–H and O–H groups in total. The maximum Gasteiger partial charge on any atom is 0.215 e. The van der Waals surface area contributed by atoms with Crippen molar-refractivity contribution in [3.8, 4) is 5.75 Å². The SMILES string of the molecule is COc1ccccc1CNCCS(=O)(=O)N1C[C@H](C)O[C@@H](C)C1. The molecule has 2 rings (SSSR count).